The Morgan fingerprint density at radius 1 is 0.712 bits per heavy atom. The van der Waals surface area contributed by atoms with Crippen LogP contribution in [-0.4, -0.2) is 92.0 Å². The highest BCUT2D eigenvalue weighted by atomic mass is 32.2. The molecular formula is C42H68F3NO12S. The third kappa shape index (κ3) is 12.4. The van der Waals surface area contributed by atoms with Gasteiger partial charge in [-0.2, -0.15) is 21.6 Å². The second-order valence-corrected chi connectivity index (χ2v) is 21.7. The molecule has 2 heterocycles. The number of ether oxygens (including phenoxy) is 5. The molecular weight excluding hydrogens is 800 g/mol. The Morgan fingerprint density at radius 2 is 1.19 bits per heavy atom. The minimum Gasteiger partial charge on any atom is -0.462 e. The van der Waals surface area contributed by atoms with Crippen molar-refractivity contribution < 1.29 is 68.6 Å². The highest BCUT2D eigenvalue weighted by Crippen LogP contribution is 2.49. The number of carbonyl (C=O) groups is 4. The molecule has 2 fully saturated rings. The van der Waals surface area contributed by atoms with Gasteiger partial charge in [0.2, 0.25) is 0 Å². The van der Waals surface area contributed by atoms with E-state index >= 15 is 0 Å². The standard InChI is InChI=1S/C42H68F3NO12S/c1-15-18-24-20-17-21-26-29(24)27(58-59(51,52)42(43,44)45)22-25(19-16-2)46(26)33-32(57-37(50)41(12,13)14)31(56-36(49)40(9,10)11)30(55-35(48)39(6,7)8)28(54-33)23-53-34(47)38(3,4)5/h22,24-26,28-33H,15-21,23H2,1-14H3/t24-,25+,26-,28+,29+,30-,31-,32+,33+/m0/s1. The van der Waals surface area contributed by atoms with Crippen molar-refractivity contribution in [3.63, 3.8) is 0 Å². The predicted octanol–water partition coefficient (Wildman–Crippen LogP) is 7.99. The number of carbonyl (C=O) groups excluding carboxylic acids is 4. The molecule has 0 bridgehead atoms. The van der Waals surface area contributed by atoms with E-state index < -0.39 is 116 Å². The lowest BCUT2D eigenvalue weighted by Crippen LogP contribution is -2.70. The number of esters is 4. The van der Waals surface area contributed by atoms with Crippen molar-refractivity contribution >= 4 is 34.0 Å². The Bertz CT molecular complexity index is 1650. The van der Waals surface area contributed by atoms with Crippen LogP contribution < -0.4 is 0 Å². The van der Waals surface area contributed by atoms with Gasteiger partial charge in [0.15, 0.2) is 24.5 Å². The number of hydrogen-bond acceptors (Lipinski definition) is 13. The predicted molar refractivity (Wildman–Crippen MR) is 211 cm³/mol. The van der Waals surface area contributed by atoms with E-state index in [0.717, 1.165) is 0 Å². The summed E-state index contributed by atoms with van der Waals surface area (Å²) in [4.78, 5) is 56.7. The van der Waals surface area contributed by atoms with Gasteiger partial charge in [0.1, 0.15) is 18.5 Å². The van der Waals surface area contributed by atoms with Gasteiger partial charge in [0.25, 0.3) is 0 Å². The average molecular weight is 868 g/mol. The van der Waals surface area contributed by atoms with Crippen LogP contribution in [0, 0.1) is 33.5 Å². The maximum Gasteiger partial charge on any atom is 0.534 e. The van der Waals surface area contributed by atoms with Crippen molar-refractivity contribution in [1.82, 2.24) is 4.90 Å². The minimum atomic E-state index is -6.06. The van der Waals surface area contributed by atoms with Crippen molar-refractivity contribution in [2.75, 3.05) is 6.61 Å². The van der Waals surface area contributed by atoms with Gasteiger partial charge in [-0.1, -0.05) is 33.1 Å². The number of halogens is 3. The number of alkyl halides is 3. The van der Waals surface area contributed by atoms with Crippen LogP contribution in [0.25, 0.3) is 0 Å². The van der Waals surface area contributed by atoms with Crippen molar-refractivity contribution in [2.24, 2.45) is 33.5 Å². The molecule has 0 aromatic carbocycles. The fraction of sp³-hybridized carbons (Fsp3) is 0.857. The smallest absolute Gasteiger partial charge is 0.462 e. The van der Waals surface area contributed by atoms with Crippen molar-refractivity contribution in [1.29, 1.82) is 0 Å². The van der Waals surface area contributed by atoms with Gasteiger partial charge in [-0.15, -0.1) is 0 Å². The van der Waals surface area contributed by atoms with Gasteiger partial charge in [-0.3, -0.25) is 24.1 Å². The van der Waals surface area contributed by atoms with Crippen molar-refractivity contribution in [2.45, 2.75) is 190 Å². The summed E-state index contributed by atoms with van der Waals surface area (Å²) in [5.74, 6) is -4.30. The van der Waals surface area contributed by atoms with Crippen LogP contribution in [-0.2, 0) is 57.2 Å². The second kappa shape index (κ2) is 18.6. The molecule has 2 aliphatic heterocycles. The fourth-order valence-electron chi connectivity index (χ4n) is 7.46. The van der Waals surface area contributed by atoms with Crippen molar-refractivity contribution in [3.05, 3.63) is 11.8 Å². The van der Waals surface area contributed by atoms with E-state index in [1.165, 1.54) is 6.08 Å². The summed E-state index contributed by atoms with van der Waals surface area (Å²) in [6.45, 7) is 22.8. The van der Waals surface area contributed by atoms with E-state index in [-0.39, 0.29) is 18.1 Å². The Kier molecular flexibility index (Phi) is 15.9. The third-order valence-corrected chi connectivity index (χ3v) is 11.6. The summed E-state index contributed by atoms with van der Waals surface area (Å²) in [6, 6.07) is -1.59. The molecule has 13 nitrogen and oxygen atoms in total. The molecule has 0 N–H and O–H groups in total. The summed E-state index contributed by atoms with van der Waals surface area (Å²) < 4.78 is 103. The van der Waals surface area contributed by atoms with Gasteiger partial charge in [-0.25, -0.2) is 0 Å². The Labute approximate surface area is 348 Å². The van der Waals surface area contributed by atoms with Crippen molar-refractivity contribution in [3.8, 4) is 0 Å². The molecule has 0 spiro atoms. The lowest BCUT2D eigenvalue weighted by Gasteiger charge is -2.56. The number of hydrogen-bond donors (Lipinski definition) is 0. The average Bonchev–Trinajstić information content (AvgIpc) is 3.07. The zero-order chi connectivity index (χ0) is 45.3. The molecule has 0 amide bonds. The van der Waals surface area contributed by atoms with E-state index in [0.29, 0.717) is 38.5 Å². The molecule has 3 aliphatic rings. The number of fused-ring (bicyclic) bond motifs is 1. The largest absolute Gasteiger partial charge is 0.534 e. The lowest BCUT2D eigenvalue weighted by atomic mass is 9.69. The van der Waals surface area contributed by atoms with Crippen LogP contribution in [0.1, 0.15) is 142 Å². The van der Waals surface area contributed by atoms with E-state index in [9.17, 15) is 40.8 Å². The SMILES string of the molecule is CCC[C@H]1CCC[C@H]2[C@@H]1C(OS(=O)(=O)C(F)(F)F)=C[C@@H](CCC)N2[C@@H]1O[C@H](COC(=O)C(C)(C)C)[C@H](OC(=O)C(C)(C)C)[C@H](OC(=O)C(C)(C)C)[C@H]1OC(=O)C(C)(C)C. The monoisotopic (exact) mass is 867 g/mol. The van der Waals surface area contributed by atoms with E-state index in [1.54, 1.807) is 83.1 Å². The van der Waals surface area contributed by atoms with Gasteiger partial charge in [-0.05, 0) is 121 Å². The summed E-state index contributed by atoms with van der Waals surface area (Å²) in [5.41, 5.74) is -9.96. The first-order chi connectivity index (χ1) is 26.8. The van der Waals surface area contributed by atoms with Gasteiger partial charge >= 0.3 is 39.5 Å². The fourth-order valence-corrected chi connectivity index (χ4v) is 7.97. The molecule has 1 aliphatic carbocycles. The Balaban J connectivity index is 2.43. The second-order valence-electron chi connectivity index (χ2n) is 20.2. The van der Waals surface area contributed by atoms with Gasteiger partial charge < -0.3 is 27.9 Å². The van der Waals surface area contributed by atoms with E-state index in [1.807, 2.05) is 18.7 Å². The molecule has 3 rings (SSSR count). The highest BCUT2D eigenvalue weighted by molar-refractivity contribution is 7.87. The Hall–Kier alpha value is -2.92. The molecule has 0 aromatic rings. The zero-order valence-corrected chi connectivity index (χ0v) is 38.1. The quantitative estimate of drug-likeness (QED) is 0.0804. The van der Waals surface area contributed by atoms with Crippen LogP contribution in [0.5, 0.6) is 0 Å². The van der Waals surface area contributed by atoms with Crippen LogP contribution in [0.4, 0.5) is 13.2 Å². The maximum atomic E-state index is 14.0. The minimum absolute atomic E-state index is 0.263. The molecule has 59 heavy (non-hydrogen) atoms. The third-order valence-electron chi connectivity index (χ3n) is 10.6. The van der Waals surface area contributed by atoms with Crippen LogP contribution in [0.3, 0.4) is 0 Å². The van der Waals surface area contributed by atoms with E-state index in [2.05, 4.69) is 0 Å². The van der Waals surface area contributed by atoms with E-state index in [4.69, 9.17) is 27.9 Å². The zero-order valence-electron chi connectivity index (χ0n) is 37.3. The van der Waals surface area contributed by atoms with Gasteiger partial charge in [0, 0.05) is 18.0 Å². The highest BCUT2D eigenvalue weighted by Gasteiger charge is 2.60. The van der Waals surface area contributed by atoms with Crippen LogP contribution in [0.15, 0.2) is 11.8 Å². The molecule has 17 heteroatoms. The molecule has 9 atom stereocenters. The summed E-state index contributed by atoms with van der Waals surface area (Å²) in [5, 5.41) is 0. The van der Waals surface area contributed by atoms with Crippen LogP contribution >= 0.6 is 0 Å². The maximum absolute atomic E-state index is 14.0. The molecule has 340 valence electrons. The summed E-state index contributed by atoms with van der Waals surface area (Å²) >= 11 is 0. The first kappa shape index (κ1) is 50.4. The first-order valence-electron chi connectivity index (χ1n) is 20.7. The first-order valence-corrected chi connectivity index (χ1v) is 22.1. The molecule has 1 saturated carbocycles. The molecule has 0 radical (unpaired) electrons. The normalized spacial score (nSPS) is 28.8. The summed E-state index contributed by atoms with van der Waals surface area (Å²) in [7, 11) is -6.06. The van der Waals surface area contributed by atoms with Crippen LogP contribution in [0.2, 0.25) is 0 Å². The molecule has 0 aromatic heterocycles. The Morgan fingerprint density at radius 3 is 1.64 bits per heavy atom. The molecule has 0 unspecified atom stereocenters. The van der Waals surface area contributed by atoms with Gasteiger partial charge in [0.05, 0.1) is 21.7 Å². The number of rotatable bonds is 12. The lowest BCUT2D eigenvalue weighted by molar-refractivity contribution is -0.294. The topological polar surface area (TPSA) is 161 Å². The molecule has 1 saturated heterocycles. The number of nitrogens with zero attached hydrogens (tertiary/aromatic N) is 1. The summed E-state index contributed by atoms with van der Waals surface area (Å²) in [6.07, 6.45) is -2.43.